The molecule has 0 aromatic heterocycles. The molecule has 3 aliphatic rings. The molecule has 0 aliphatic carbocycles. The Kier molecular flexibility index (Phi) is 8.67. The van der Waals surface area contributed by atoms with E-state index in [2.05, 4.69) is 21.8 Å². The van der Waals surface area contributed by atoms with Gasteiger partial charge in [0.2, 0.25) is 5.91 Å². The first kappa shape index (κ1) is 25.5. The predicted molar refractivity (Wildman–Crippen MR) is 138 cm³/mol. The number of carbonyl (C=O) groups is 2. The first-order valence-corrected chi connectivity index (χ1v) is 12.8. The number of carbonyl (C=O) groups excluding carboxylic acids is 2. The molecule has 0 spiro atoms. The molecule has 186 valence electrons. The summed E-state index contributed by atoms with van der Waals surface area (Å²) in [6, 6.07) is 6.82. The molecule has 4 rings (SSSR count). The number of nitrogens with one attached hydrogen (secondary N) is 1. The van der Waals surface area contributed by atoms with Crippen molar-refractivity contribution in [1.29, 1.82) is 0 Å². The molecule has 8 nitrogen and oxygen atoms in total. The lowest BCUT2D eigenvalue weighted by molar-refractivity contribution is -0.138. The minimum absolute atomic E-state index is 0.0877. The number of thioether (sulfide) groups is 1. The van der Waals surface area contributed by atoms with Crippen LogP contribution in [0.15, 0.2) is 64.3 Å². The number of benzene rings is 1. The minimum atomic E-state index is -0.559. The van der Waals surface area contributed by atoms with Gasteiger partial charge in [-0.15, -0.1) is 0 Å². The average Bonchev–Trinajstić information content (AvgIpc) is 3.24. The number of fused-ring (bicyclic) bond motifs is 1. The van der Waals surface area contributed by atoms with Crippen LogP contribution in [0.25, 0.3) is 0 Å². The van der Waals surface area contributed by atoms with Crippen LogP contribution in [-0.2, 0) is 19.1 Å². The van der Waals surface area contributed by atoms with Crippen LogP contribution in [-0.4, -0.2) is 72.8 Å². The molecule has 1 saturated heterocycles. The monoisotopic (exact) mass is 516 g/mol. The largest absolute Gasteiger partial charge is 0.458 e. The molecule has 1 unspecified atom stereocenters. The van der Waals surface area contributed by atoms with Gasteiger partial charge in [0, 0.05) is 36.9 Å². The molecule has 0 saturated carbocycles. The van der Waals surface area contributed by atoms with Gasteiger partial charge in [-0.25, -0.2) is 9.79 Å². The molecule has 1 N–H and O–H groups in total. The normalized spacial score (nSPS) is 20.2. The third kappa shape index (κ3) is 5.98. The number of halogens is 1. The number of aliphatic imine (C=N–C) groups is 1. The molecule has 35 heavy (non-hydrogen) atoms. The minimum Gasteiger partial charge on any atom is -0.458 e. The SMILES string of the molecule is C=CCOC(=O)C1=C(C)N=C2SC=C(CC(=O)NCCN3CCOCC3)N2C1c1ccccc1Cl. The lowest BCUT2D eigenvalue weighted by atomic mass is 9.93. The molecule has 10 heteroatoms. The highest BCUT2D eigenvalue weighted by atomic mass is 35.5. The van der Waals surface area contributed by atoms with E-state index in [0.717, 1.165) is 44.1 Å². The van der Waals surface area contributed by atoms with Crippen LogP contribution in [0.5, 0.6) is 0 Å². The van der Waals surface area contributed by atoms with Gasteiger partial charge < -0.3 is 19.7 Å². The van der Waals surface area contributed by atoms with Crippen LogP contribution >= 0.6 is 23.4 Å². The Morgan fingerprint density at radius 3 is 2.86 bits per heavy atom. The number of nitrogens with zero attached hydrogens (tertiary/aromatic N) is 3. The van der Waals surface area contributed by atoms with Gasteiger partial charge in [-0.3, -0.25) is 9.69 Å². The van der Waals surface area contributed by atoms with Gasteiger partial charge in [-0.2, -0.15) is 0 Å². The summed E-state index contributed by atoms with van der Waals surface area (Å²) < 4.78 is 10.8. The molecule has 1 atom stereocenters. The van der Waals surface area contributed by atoms with Gasteiger partial charge in [-0.05, 0) is 24.0 Å². The van der Waals surface area contributed by atoms with E-state index in [9.17, 15) is 9.59 Å². The second kappa shape index (κ2) is 11.9. The van der Waals surface area contributed by atoms with Gasteiger partial charge in [-0.1, -0.05) is 54.2 Å². The zero-order valence-electron chi connectivity index (χ0n) is 19.7. The molecule has 1 aromatic rings. The second-order valence-electron chi connectivity index (χ2n) is 8.28. The van der Waals surface area contributed by atoms with Crippen LogP contribution in [0.4, 0.5) is 0 Å². The van der Waals surface area contributed by atoms with E-state index in [4.69, 9.17) is 21.1 Å². The van der Waals surface area contributed by atoms with Gasteiger partial charge in [0.05, 0.1) is 36.9 Å². The molecule has 1 fully saturated rings. The third-order valence-electron chi connectivity index (χ3n) is 5.95. The Hall–Kier alpha value is -2.59. The summed E-state index contributed by atoms with van der Waals surface area (Å²) in [6.07, 6.45) is 1.68. The quantitative estimate of drug-likeness (QED) is 0.397. The third-order valence-corrected chi connectivity index (χ3v) is 7.18. The lowest BCUT2D eigenvalue weighted by Gasteiger charge is -2.36. The number of rotatable bonds is 9. The summed E-state index contributed by atoms with van der Waals surface area (Å²) in [4.78, 5) is 34.8. The highest BCUT2D eigenvalue weighted by molar-refractivity contribution is 8.16. The highest BCUT2D eigenvalue weighted by Crippen LogP contribution is 2.46. The Balaban J connectivity index is 1.53. The number of hydrogen-bond acceptors (Lipinski definition) is 8. The highest BCUT2D eigenvalue weighted by Gasteiger charge is 2.41. The zero-order valence-corrected chi connectivity index (χ0v) is 21.2. The summed E-state index contributed by atoms with van der Waals surface area (Å²) in [5.74, 6) is -0.576. The molecular formula is C25H29ClN4O4S. The Morgan fingerprint density at radius 2 is 2.11 bits per heavy atom. The van der Waals surface area contributed by atoms with Gasteiger partial charge in [0.25, 0.3) is 0 Å². The topological polar surface area (TPSA) is 83.5 Å². The van der Waals surface area contributed by atoms with Crippen LogP contribution in [0, 0.1) is 0 Å². The number of amides is 1. The predicted octanol–water partition coefficient (Wildman–Crippen LogP) is 3.48. The van der Waals surface area contributed by atoms with E-state index >= 15 is 0 Å². The summed E-state index contributed by atoms with van der Waals surface area (Å²) in [5.41, 5.74) is 2.45. The van der Waals surface area contributed by atoms with Crippen molar-refractivity contribution < 1.29 is 19.1 Å². The summed E-state index contributed by atoms with van der Waals surface area (Å²) >= 11 is 8.02. The van der Waals surface area contributed by atoms with Crippen LogP contribution in [0.2, 0.25) is 5.02 Å². The van der Waals surface area contributed by atoms with E-state index in [1.165, 1.54) is 17.8 Å². The molecule has 1 aromatic carbocycles. The average molecular weight is 517 g/mol. The Bertz CT molecular complexity index is 1080. The number of allylic oxidation sites excluding steroid dienone is 1. The fourth-order valence-electron chi connectivity index (χ4n) is 4.24. The Labute approximate surface area is 214 Å². The standard InChI is InChI=1S/C25H29ClN4O4S/c1-3-12-34-24(32)22-17(2)28-25-30(23(22)19-6-4-5-7-20(19)26)18(16-35-25)15-21(31)27-8-9-29-10-13-33-14-11-29/h3-7,16,23H,1,8-15H2,2H3,(H,27,31). The van der Waals surface area contributed by atoms with Crippen molar-refractivity contribution in [3.8, 4) is 0 Å². The second-order valence-corrected chi connectivity index (χ2v) is 9.53. The zero-order chi connectivity index (χ0) is 24.8. The molecule has 1 amide bonds. The number of esters is 1. The summed E-state index contributed by atoms with van der Waals surface area (Å²) in [7, 11) is 0. The van der Waals surface area contributed by atoms with Crippen molar-refractivity contribution in [1.82, 2.24) is 15.1 Å². The Morgan fingerprint density at radius 1 is 1.34 bits per heavy atom. The van der Waals surface area contributed by atoms with Crippen LogP contribution < -0.4 is 5.32 Å². The molecule has 0 radical (unpaired) electrons. The maximum Gasteiger partial charge on any atom is 0.338 e. The molecule has 0 bridgehead atoms. The fourth-order valence-corrected chi connectivity index (χ4v) is 5.44. The maximum absolute atomic E-state index is 13.1. The first-order chi connectivity index (χ1) is 17.0. The van der Waals surface area contributed by atoms with Gasteiger partial charge >= 0.3 is 5.97 Å². The van der Waals surface area contributed by atoms with Crippen molar-refractivity contribution in [3.63, 3.8) is 0 Å². The maximum atomic E-state index is 13.1. The van der Waals surface area contributed by atoms with E-state index in [1.54, 1.807) is 13.0 Å². The van der Waals surface area contributed by atoms with Gasteiger partial charge in [0.1, 0.15) is 6.61 Å². The number of morpholine rings is 1. The first-order valence-electron chi connectivity index (χ1n) is 11.5. The lowest BCUT2D eigenvalue weighted by Crippen LogP contribution is -2.42. The van der Waals surface area contributed by atoms with Crippen molar-refractivity contribution >= 4 is 40.4 Å². The summed E-state index contributed by atoms with van der Waals surface area (Å²) in [5, 5.41) is 6.14. The van der Waals surface area contributed by atoms with E-state index in [-0.39, 0.29) is 18.9 Å². The fraction of sp³-hybridized carbons (Fsp3) is 0.400. The number of hydrogen-bond donors (Lipinski definition) is 1. The van der Waals surface area contributed by atoms with E-state index < -0.39 is 12.0 Å². The van der Waals surface area contributed by atoms with Crippen molar-refractivity contribution in [2.75, 3.05) is 46.0 Å². The van der Waals surface area contributed by atoms with E-state index in [1.807, 2.05) is 28.5 Å². The van der Waals surface area contributed by atoms with Crippen LogP contribution in [0.3, 0.4) is 0 Å². The van der Waals surface area contributed by atoms with Crippen LogP contribution in [0.1, 0.15) is 24.9 Å². The number of ether oxygens (including phenoxy) is 2. The van der Waals surface area contributed by atoms with Crippen molar-refractivity contribution in [2.45, 2.75) is 19.4 Å². The van der Waals surface area contributed by atoms with Crippen molar-refractivity contribution in [3.05, 3.63) is 69.9 Å². The van der Waals surface area contributed by atoms with E-state index in [0.29, 0.717) is 28.0 Å². The van der Waals surface area contributed by atoms with Crippen molar-refractivity contribution in [2.24, 2.45) is 4.99 Å². The number of amidine groups is 1. The molecule has 3 aliphatic heterocycles. The summed E-state index contributed by atoms with van der Waals surface area (Å²) in [6.45, 7) is 10.0. The molecule has 3 heterocycles. The smallest absolute Gasteiger partial charge is 0.338 e. The van der Waals surface area contributed by atoms with Gasteiger partial charge in [0.15, 0.2) is 5.17 Å². The molecular weight excluding hydrogens is 488 g/mol.